The van der Waals surface area contributed by atoms with Crippen LogP contribution in [-0.4, -0.2) is 108 Å². The van der Waals surface area contributed by atoms with E-state index in [2.05, 4.69) is 27.8 Å². The van der Waals surface area contributed by atoms with Crippen molar-refractivity contribution in [1.29, 1.82) is 0 Å². The maximum absolute atomic E-state index is 14.2. The lowest BCUT2D eigenvalue weighted by molar-refractivity contribution is -0.627. The third kappa shape index (κ3) is 12.7. The first-order valence-corrected chi connectivity index (χ1v) is 17.2. The number of quaternary nitrogens is 1. The van der Waals surface area contributed by atoms with Gasteiger partial charge in [0.1, 0.15) is 12.1 Å². The molecule has 5 amide bonds. The van der Waals surface area contributed by atoms with Crippen molar-refractivity contribution in [3.05, 3.63) is 12.7 Å². The molecule has 0 aromatic heterocycles. The first-order valence-electron chi connectivity index (χ1n) is 16.0. The molecule has 1 rings (SSSR count). The molecule has 5 atom stereocenters. The summed E-state index contributed by atoms with van der Waals surface area (Å²) in [7, 11) is 1.92. The Bertz CT molecular complexity index is 1100. The normalized spacial score (nSPS) is 18.9. The van der Waals surface area contributed by atoms with Crippen molar-refractivity contribution < 1.29 is 38.1 Å². The number of nitrogens with one attached hydrogen (secondary N) is 4. The summed E-state index contributed by atoms with van der Waals surface area (Å²) in [5, 5.41) is 12.7. The summed E-state index contributed by atoms with van der Waals surface area (Å²) >= 11 is -2.62. The molecule has 15 heteroatoms. The molecule has 0 aromatic carbocycles. The highest BCUT2D eigenvalue weighted by molar-refractivity contribution is 7.76. The summed E-state index contributed by atoms with van der Waals surface area (Å²) in [5.74, 6) is -2.81. The Morgan fingerprint density at radius 1 is 1.07 bits per heavy atom. The van der Waals surface area contributed by atoms with Gasteiger partial charge >= 0.3 is 6.03 Å². The van der Waals surface area contributed by atoms with Crippen LogP contribution in [0.2, 0.25) is 0 Å². The quantitative estimate of drug-likeness (QED) is 0.0409. The maximum atomic E-state index is 14.2. The van der Waals surface area contributed by atoms with Gasteiger partial charge in [-0.15, -0.1) is 6.58 Å². The molecular formula is C31H59N7O7S+2. The van der Waals surface area contributed by atoms with Crippen LogP contribution in [0.4, 0.5) is 4.79 Å². The summed E-state index contributed by atoms with van der Waals surface area (Å²) in [6.07, 6.45) is 2.68. The second-order valence-corrected chi connectivity index (χ2v) is 15.4. The van der Waals surface area contributed by atoms with Gasteiger partial charge in [0.2, 0.25) is 17.6 Å². The molecule has 1 heterocycles. The van der Waals surface area contributed by atoms with Gasteiger partial charge in [0.25, 0.3) is 17.2 Å². The summed E-state index contributed by atoms with van der Waals surface area (Å²) in [4.78, 5) is 66.8. The molecule has 0 bridgehead atoms. The fraction of sp³-hybridized carbons (Fsp3) is 0.774. The number of ketones is 1. The predicted molar refractivity (Wildman–Crippen MR) is 179 cm³/mol. The zero-order valence-electron chi connectivity index (χ0n) is 29.1. The number of carbonyl (C=O) groups excluding carboxylic acids is 5. The predicted octanol–water partition coefficient (Wildman–Crippen LogP) is -0.0550. The molecule has 1 unspecified atom stereocenters. The molecule has 7 N–H and O–H groups in total. The lowest BCUT2D eigenvalue weighted by Gasteiger charge is -2.38. The minimum atomic E-state index is -2.62. The molecule has 46 heavy (non-hydrogen) atoms. The number of nitrogens with two attached hydrogens (primary N) is 1. The van der Waals surface area contributed by atoms with Crippen molar-refractivity contribution in [2.75, 3.05) is 46.3 Å². The molecule has 1 aliphatic rings. The van der Waals surface area contributed by atoms with Crippen molar-refractivity contribution in [2.45, 2.75) is 86.4 Å². The Labute approximate surface area is 277 Å². The van der Waals surface area contributed by atoms with Crippen LogP contribution >= 0.6 is 0 Å². The van der Waals surface area contributed by atoms with E-state index in [1.165, 1.54) is 15.3 Å². The Hall–Kier alpha value is -2.88. The number of likely N-dealkylation sites (tertiary alicyclic amines) is 1. The largest absolute Gasteiger partial charge is 0.349 e. The lowest BCUT2D eigenvalue weighted by Crippen LogP contribution is -2.79. The van der Waals surface area contributed by atoms with Crippen LogP contribution < -0.4 is 26.6 Å². The van der Waals surface area contributed by atoms with Gasteiger partial charge in [-0.05, 0) is 33.3 Å². The molecule has 1 aliphatic heterocycles. The Morgan fingerprint density at radius 2 is 1.70 bits per heavy atom. The van der Waals surface area contributed by atoms with Gasteiger partial charge in [0.05, 0.1) is 39.3 Å². The van der Waals surface area contributed by atoms with Crippen molar-refractivity contribution in [3.8, 4) is 0 Å². The molecule has 0 saturated carbocycles. The average molecular weight is 674 g/mol. The van der Waals surface area contributed by atoms with E-state index in [-0.39, 0.29) is 31.5 Å². The van der Waals surface area contributed by atoms with Crippen LogP contribution in [0.25, 0.3) is 0 Å². The second kappa shape index (κ2) is 18.5. The first kappa shape index (κ1) is 41.1. The number of carbonyl (C=O) groups is 5. The zero-order valence-corrected chi connectivity index (χ0v) is 30.0. The molecule has 0 radical (unpaired) electrons. The van der Waals surface area contributed by atoms with Gasteiger partial charge in [0, 0.05) is 19.5 Å². The zero-order chi connectivity index (χ0) is 35.4. The second-order valence-electron chi connectivity index (χ2n) is 14.4. The van der Waals surface area contributed by atoms with E-state index >= 15 is 0 Å². The van der Waals surface area contributed by atoms with Crippen molar-refractivity contribution >= 4 is 40.8 Å². The average Bonchev–Trinajstić information content (AvgIpc) is 3.40. The highest BCUT2D eigenvalue weighted by Gasteiger charge is 2.47. The fourth-order valence-electron chi connectivity index (χ4n) is 5.33. The van der Waals surface area contributed by atoms with Gasteiger partial charge in [-0.3, -0.25) is 19.2 Å². The number of amides is 5. The molecule has 264 valence electrons. The lowest BCUT2D eigenvalue weighted by atomic mass is 9.84. The SMILES string of the molecule is C=CCNC(=O)C(=O)CNC(=O)[C@@H]1[C@@H](C(C)C)CCN1C(=O)[C@@H](NC(=O)N[C@H](CN(CCC[NH2+]C)[SH+](=O)O)C(C)(C)C)C(C)(C)C. The van der Waals surface area contributed by atoms with Crippen LogP contribution in [0, 0.1) is 22.7 Å². The number of hydrogen-bond donors (Lipinski definition) is 6. The number of nitrogens with zero attached hydrogens (tertiary/aromatic N) is 2. The third-order valence-electron chi connectivity index (χ3n) is 8.22. The van der Waals surface area contributed by atoms with E-state index < -0.39 is 76.3 Å². The first-order chi connectivity index (χ1) is 21.3. The highest BCUT2D eigenvalue weighted by Crippen LogP contribution is 2.33. The molecule has 0 spiro atoms. The number of urea groups is 1. The monoisotopic (exact) mass is 673 g/mol. The number of hydrogen-bond acceptors (Lipinski definition) is 6. The standard InChI is InChI=1S/C31H57N7O7S/c1-11-14-33-26(40)22(39)18-34-27(41)24-21(20(2)3)13-17-38(24)28(42)25(31(7,8)9)36-29(43)35-23(30(4,5)6)19-37(46(44)45)16-12-15-32-10/h11,20-21,23-25,32H,1,12-19H2,2-10H3,(H,33,40)(H,34,41)(H,44,45)(H2,35,36,43)/p+2/t21-,23-,24+,25-/m1/s1. The van der Waals surface area contributed by atoms with Gasteiger partial charge in [0.15, 0.2) is 0 Å². The molecule has 0 aromatic rings. The summed E-state index contributed by atoms with van der Waals surface area (Å²) in [6.45, 7) is 19.8. The highest BCUT2D eigenvalue weighted by atomic mass is 32.2. The smallest absolute Gasteiger partial charge is 0.315 e. The molecule has 1 saturated heterocycles. The third-order valence-corrected chi connectivity index (χ3v) is 9.07. The van der Waals surface area contributed by atoms with Gasteiger partial charge < -0.3 is 31.5 Å². The summed E-state index contributed by atoms with van der Waals surface area (Å²) < 4.78 is 23.5. The molecular weight excluding hydrogens is 614 g/mol. The van der Waals surface area contributed by atoms with E-state index in [4.69, 9.17) is 0 Å². The van der Waals surface area contributed by atoms with Crippen LogP contribution in [0.1, 0.15) is 68.2 Å². The van der Waals surface area contributed by atoms with E-state index in [1.54, 1.807) is 0 Å². The van der Waals surface area contributed by atoms with Crippen molar-refractivity contribution in [1.82, 2.24) is 30.5 Å². The molecule has 14 nitrogen and oxygen atoms in total. The van der Waals surface area contributed by atoms with Crippen LogP contribution in [0.15, 0.2) is 12.7 Å². The minimum Gasteiger partial charge on any atom is -0.349 e. The van der Waals surface area contributed by atoms with Crippen LogP contribution in [0.5, 0.6) is 0 Å². The Kier molecular flexibility index (Phi) is 16.5. The Balaban J connectivity index is 3.19. The fourth-order valence-corrected chi connectivity index (χ4v) is 5.95. The molecule has 1 fully saturated rings. The van der Waals surface area contributed by atoms with E-state index in [0.717, 1.165) is 6.54 Å². The van der Waals surface area contributed by atoms with Gasteiger partial charge in [-0.1, -0.05) is 65.8 Å². The van der Waals surface area contributed by atoms with Crippen molar-refractivity contribution in [2.24, 2.45) is 22.7 Å². The minimum absolute atomic E-state index is 0.0354. The maximum Gasteiger partial charge on any atom is 0.315 e. The van der Waals surface area contributed by atoms with Crippen molar-refractivity contribution in [3.63, 3.8) is 0 Å². The van der Waals surface area contributed by atoms with Gasteiger partial charge in [-0.25, -0.2) is 4.79 Å². The van der Waals surface area contributed by atoms with E-state index in [1.807, 2.05) is 67.8 Å². The summed E-state index contributed by atoms with van der Waals surface area (Å²) in [5.41, 5.74) is -1.24. The topological polar surface area (TPSA) is 194 Å². The Morgan fingerprint density at radius 3 is 2.20 bits per heavy atom. The molecule has 0 aliphatic carbocycles. The van der Waals surface area contributed by atoms with Crippen LogP contribution in [0.3, 0.4) is 0 Å². The number of thiol groups is 1. The van der Waals surface area contributed by atoms with E-state index in [9.17, 15) is 32.7 Å². The van der Waals surface area contributed by atoms with Gasteiger partial charge in [-0.2, -0.15) is 4.55 Å². The van der Waals surface area contributed by atoms with E-state index in [0.29, 0.717) is 19.4 Å². The summed E-state index contributed by atoms with van der Waals surface area (Å²) in [6, 6.07) is -3.06. The number of Topliss-reactive ketones (excluding diaryl/α,β-unsaturated/α-hetero) is 1. The number of rotatable bonds is 17. The van der Waals surface area contributed by atoms with Crippen LogP contribution in [-0.2, 0) is 34.7 Å².